The van der Waals surface area contributed by atoms with E-state index in [1.807, 2.05) is 45.0 Å². The molecule has 4 nitrogen and oxygen atoms in total. The number of carbonyl (C=O) groups excluding carboxylic acids is 2. The second-order valence-electron chi connectivity index (χ2n) is 6.10. The first-order valence-corrected chi connectivity index (χ1v) is 7.44. The summed E-state index contributed by atoms with van der Waals surface area (Å²) in [6.07, 6.45) is 0.267. The van der Waals surface area contributed by atoms with Crippen LogP contribution in [0.25, 0.3) is 0 Å². The van der Waals surface area contributed by atoms with E-state index in [2.05, 4.69) is 21.2 Å². The number of nitrogens with one attached hydrogen (secondary N) is 1. The van der Waals surface area contributed by atoms with Crippen molar-refractivity contribution in [2.45, 2.75) is 32.7 Å². The number of hydrogen-bond donors (Lipinski definition) is 1. The van der Waals surface area contributed by atoms with E-state index < -0.39 is 0 Å². The molecule has 0 spiro atoms. The first kappa shape index (κ1) is 15.0. The molecule has 1 N–H and O–H groups in total. The summed E-state index contributed by atoms with van der Waals surface area (Å²) >= 11 is 3.45. The number of amides is 2. The third kappa shape index (κ3) is 3.39. The summed E-state index contributed by atoms with van der Waals surface area (Å²) in [7, 11) is 0. The zero-order chi connectivity index (χ0) is 14.9. The second-order valence-corrected chi connectivity index (χ2v) is 6.95. The van der Waals surface area contributed by atoms with Gasteiger partial charge in [0.05, 0.1) is 11.6 Å². The molecule has 1 aliphatic heterocycles. The van der Waals surface area contributed by atoms with Crippen molar-refractivity contribution in [1.82, 2.24) is 5.32 Å². The number of para-hydroxylation sites is 1. The normalized spacial score (nSPS) is 19.3. The van der Waals surface area contributed by atoms with Crippen LogP contribution in [0.4, 0.5) is 5.69 Å². The summed E-state index contributed by atoms with van der Waals surface area (Å²) in [6.45, 7) is 6.25. The van der Waals surface area contributed by atoms with Crippen LogP contribution in [0.3, 0.4) is 0 Å². The van der Waals surface area contributed by atoms with Gasteiger partial charge in [0.1, 0.15) is 0 Å². The van der Waals surface area contributed by atoms with Gasteiger partial charge in [0.25, 0.3) is 0 Å². The van der Waals surface area contributed by atoms with Crippen molar-refractivity contribution < 1.29 is 9.59 Å². The highest BCUT2D eigenvalue weighted by molar-refractivity contribution is 9.10. The lowest BCUT2D eigenvalue weighted by Crippen LogP contribution is -2.44. The van der Waals surface area contributed by atoms with Crippen molar-refractivity contribution >= 4 is 33.4 Å². The van der Waals surface area contributed by atoms with Gasteiger partial charge >= 0.3 is 0 Å². The monoisotopic (exact) mass is 338 g/mol. The van der Waals surface area contributed by atoms with Crippen LogP contribution >= 0.6 is 15.9 Å². The Bertz CT molecular complexity index is 537. The Kier molecular flexibility index (Phi) is 4.18. The molecular formula is C15H19BrN2O2. The highest BCUT2D eigenvalue weighted by Gasteiger charge is 2.36. The molecule has 1 fully saturated rings. The maximum absolute atomic E-state index is 12.2. The highest BCUT2D eigenvalue weighted by Crippen LogP contribution is 2.31. The summed E-state index contributed by atoms with van der Waals surface area (Å²) in [5, 5.41) is 2.94. The van der Waals surface area contributed by atoms with E-state index in [9.17, 15) is 9.59 Å². The Labute approximate surface area is 127 Å². The van der Waals surface area contributed by atoms with Gasteiger partial charge in [0.2, 0.25) is 11.8 Å². The van der Waals surface area contributed by atoms with Crippen molar-refractivity contribution in [3.63, 3.8) is 0 Å². The van der Waals surface area contributed by atoms with Gasteiger partial charge in [-0.25, -0.2) is 0 Å². The molecule has 0 aliphatic carbocycles. The fourth-order valence-electron chi connectivity index (χ4n) is 2.26. The molecule has 20 heavy (non-hydrogen) atoms. The quantitative estimate of drug-likeness (QED) is 0.901. The van der Waals surface area contributed by atoms with Crippen molar-refractivity contribution in [1.29, 1.82) is 0 Å². The van der Waals surface area contributed by atoms with Gasteiger partial charge in [0.15, 0.2) is 0 Å². The Morgan fingerprint density at radius 3 is 2.60 bits per heavy atom. The fourth-order valence-corrected chi connectivity index (χ4v) is 2.76. The van der Waals surface area contributed by atoms with Gasteiger partial charge in [-0.1, -0.05) is 12.1 Å². The van der Waals surface area contributed by atoms with Crippen LogP contribution in [0.1, 0.15) is 27.2 Å². The molecule has 0 bridgehead atoms. The summed E-state index contributed by atoms with van der Waals surface area (Å²) in [4.78, 5) is 26.0. The fraction of sp³-hybridized carbons (Fsp3) is 0.467. The number of hydrogen-bond acceptors (Lipinski definition) is 2. The van der Waals surface area contributed by atoms with Gasteiger partial charge in [-0.15, -0.1) is 0 Å². The molecule has 1 heterocycles. The summed E-state index contributed by atoms with van der Waals surface area (Å²) < 4.78 is 0.866. The first-order valence-electron chi connectivity index (χ1n) is 6.65. The van der Waals surface area contributed by atoms with Crippen molar-refractivity contribution in [3.05, 3.63) is 28.7 Å². The second kappa shape index (κ2) is 5.56. The van der Waals surface area contributed by atoms with E-state index >= 15 is 0 Å². The molecule has 2 rings (SSSR count). The molecule has 1 saturated heterocycles. The standard InChI is InChI=1S/C15H19BrN2O2/c1-15(2,3)17-14(20)10-8-13(19)18(9-10)12-7-5-4-6-11(12)16/h4-7,10H,8-9H2,1-3H3,(H,17,20)/t10-/m1/s1. The third-order valence-corrected chi connectivity index (χ3v) is 3.81. The number of halogens is 1. The third-order valence-electron chi connectivity index (χ3n) is 3.14. The van der Waals surface area contributed by atoms with Crippen LogP contribution in [0.2, 0.25) is 0 Å². The maximum atomic E-state index is 12.2. The number of anilines is 1. The molecule has 108 valence electrons. The topological polar surface area (TPSA) is 49.4 Å². The van der Waals surface area contributed by atoms with Gasteiger partial charge in [-0.2, -0.15) is 0 Å². The van der Waals surface area contributed by atoms with E-state index in [0.717, 1.165) is 10.2 Å². The smallest absolute Gasteiger partial charge is 0.227 e. The van der Waals surface area contributed by atoms with E-state index in [4.69, 9.17) is 0 Å². The molecule has 1 aromatic carbocycles. The van der Waals surface area contributed by atoms with Crippen LogP contribution in [-0.2, 0) is 9.59 Å². The summed E-state index contributed by atoms with van der Waals surface area (Å²) in [5.74, 6) is -0.347. The lowest BCUT2D eigenvalue weighted by atomic mass is 10.0. The van der Waals surface area contributed by atoms with Gasteiger partial charge < -0.3 is 10.2 Å². The zero-order valence-electron chi connectivity index (χ0n) is 11.9. The Morgan fingerprint density at radius 2 is 2.00 bits per heavy atom. The van der Waals surface area contributed by atoms with Crippen LogP contribution in [-0.4, -0.2) is 23.9 Å². The highest BCUT2D eigenvalue weighted by atomic mass is 79.9. The molecule has 1 atom stereocenters. The van der Waals surface area contributed by atoms with Crippen LogP contribution < -0.4 is 10.2 Å². The minimum absolute atomic E-state index is 0.00837. The average Bonchev–Trinajstić information content (AvgIpc) is 2.70. The van der Waals surface area contributed by atoms with Crippen molar-refractivity contribution in [3.8, 4) is 0 Å². The zero-order valence-corrected chi connectivity index (χ0v) is 13.5. The SMILES string of the molecule is CC(C)(C)NC(=O)[C@@H]1CC(=O)N(c2ccccc2Br)C1. The van der Waals surface area contributed by atoms with Gasteiger partial charge in [0, 0.05) is 23.0 Å². The molecule has 1 aliphatic rings. The minimum Gasteiger partial charge on any atom is -0.351 e. The molecule has 1 aromatic rings. The molecular weight excluding hydrogens is 320 g/mol. The predicted octanol–water partition coefficient (Wildman–Crippen LogP) is 2.72. The predicted molar refractivity (Wildman–Crippen MR) is 82.5 cm³/mol. The first-order chi connectivity index (χ1) is 9.28. The van der Waals surface area contributed by atoms with Crippen molar-refractivity contribution in [2.24, 2.45) is 5.92 Å². The van der Waals surface area contributed by atoms with Gasteiger partial charge in [-0.05, 0) is 48.8 Å². The average molecular weight is 339 g/mol. The Morgan fingerprint density at radius 1 is 1.35 bits per heavy atom. The minimum atomic E-state index is -0.283. The number of rotatable bonds is 2. The maximum Gasteiger partial charge on any atom is 0.227 e. The van der Waals surface area contributed by atoms with E-state index in [0.29, 0.717) is 6.54 Å². The number of benzene rings is 1. The summed E-state index contributed by atoms with van der Waals surface area (Å²) in [5.41, 5.74) is 0.546. The Hall–Kier alpha value is -1.36. The van der Waals surface area contributed by atoms with Crippen LogP contribution in [0.5, 0.6) is 0 Å². The van der Waals surface area contributed by atoms with Crippen LogP contribution in [0.15, 0.2) is 28.7 Å². The van der Waals surface area contributed by atoms with E-state index in [-0.39, 0.29) is 29.7 Å². The number of nitrogens with zero attached hydrogens (tertiary/aromatic N) is 1. The molecule has 0 radical (unpaired) electrons. The largest absolute Gasteiger partial charge is 0.351 e. The lowest BCUT2D eigenvalue weighted by molar-refractivity contribution is -0.127. The van der Waals surface area contributed by atoms with Gasteiger partial charge in [-0.3, -0.25) is 9.59 Å². The summed E-state index contributed by atoms with van der Waals surface area (Å²) in [6, 6.07) is 7.56. The van der Waals surface area contributed by atoms with Crippen LogP contribution in [0, 0.1) is 5.92 Å². The molecule has 0 saturated carbocycles. The molecule has 0 unspecified atom stereocenters. The number of carbonyl (C=O) groups is 2. The Balaban J connectivity index is 2.12. The van der Waals surface area contributed by atoms with Crippen molar-refractivity contribution in [2.75, 3.05) is 11.4 Å². The molecule has 5 heteroatoms. The molecule has 0 aromatic heterocycles. The lowest BCUT2D eigenvalue weighted by Gasteiger charge is -2.23. The molecule has 2 amide bonds. The van der Waals surface area contributed by atoms with E-state index in [1.54, 1.807) is 4.90 Å². The van der Waals surface area contributed by atoms with E-state index in [1.165, 1.54) is 0 Å².